The van der Waals surface area contributed by atoms with E-state index >= 15 is 0 Å². The molecule has 4 atom stereocenters. The normalized spacial score (nSPS) is 31.5. The maximum atomic E-state index is 12.0. The van der Waals surface area contributed by atoms with E-state index in [2.05, 4.69) is 22.4 Å². The van der Waals surface area contributed by atoms with Crippen LogP contribution in [0.15, 0.2) is 6.07 Å². The van der Waals surface area contributed by atoms with Crippen molar-refractivity contribution in [3.8, 4) is 0 Å². The maximum Gasteiger partial charge on any atom is 0.269 e. The maximum absolute atomic E-state index is 12.0. The van der Waals surface area contributed by atoms with Crippen molar-refractivity contribution in [3.05, 3.63) is 11.8 Å². The molecule has 18 heavy (non-hydrogen) atoms. The Hall–Kier alpha value is -1.52. The molecule has 0 saturated heterocycles. The van der Waals surface area contributed by atoms with Crippen LogP contribution in [0.25, 0.3) is 0 Å². The van der Waals surface area contributed by atoms with Crippen LogP contribution in [0, 0.1) is 17.8 Å². The Balaban J connectivity index is 1.61. The molecule has 4 N–H and O–H groups in total. The fourth-order valence-corrected chi connectivity index (χ4v) is 3.75. The number of carbonyl (C=O) groups excluding carboxylic acids is 1. The number of nitrogens with two attached hydrogens (primary N) is 1. The molecule has 0 aliphatic heterocycles. The van der Waals surface area contributed by atoms with Crippen LogP contribution in [0.2, 0.25) is 0 Å². The van der Waals surface area contributed by atoms with Gasteiger partial charge < -0.3 is 11.1 Å². The smallest absolute Gasteiger partial charge is 0.269 e. The zero-order valence-electron chi connectivity index (χ0n) is 10.6. The lowest BCUT2D eigenvalue weighted by Gasteiger charge is -2.28. The molecule has 5 nitrogen and oxygen atoms in total. The number of nitrogens with zero attached hydrogens (tertiary/aromatic N) is 1. The topological polar surface area (TPSA) is 83.8 Å². The van der Waals surface area contributed by atoms with Crippen LogP contribution >= 0.6 is 0 Å². The number of hydrogen-bond acceptors (Lipinski definition) is 3. The van der Waals surface area contributed by atoms with Crippen molar-refractivity contribution in [1.29, 1.82) is 0 Å². The Labute approximate surface area is 107 Å². The molecule has 2 aliphatic carbocycles. The Morgan fingerprint density at radius 3 is 2.94 bits per heavy atom. The first-order valence-corrected chi connectivity index (χ1v) is 6.75. The first-order valence-electron chi connectivity index (χ1n) is 6.75. The highest BCUT2D eigenvalue weighted by atomic mass is 16.2. The number of amides is 1. The van der Waals surface area contributed by atoms with Gasteiger partial charge in [-0.1, -0.05) is 6.42 Å². The Morgan fingerprint density at radius 1 is 1.56 bits per heavy atom. The van der Waals surface area contributed by atoms with Crippen LogP contribution < -0.4 is 11.1 Å². The quantitative estimate of drug-likeness (QED) is 0.758. The third-order valence-corrected chi connectivity index (χ3v) is 4.64. The van der Waals surface area contributed by atoms with Crippen molar-refractivity contribution >= 4 is 11.7 Å². The summed E-state index contributed by atoms with van der Waals surface area (Å²) in [5.74, 6) is 2.62. The average molecular weight is 248 g/mol. The van der Waals surface area contributed by atoms with Gasteiger partial charge in [0.1, 0.15) is 11.5 Å². The molecule has 5 heteroatoms. The van der Waals surface area contributed by atoms with Gasteiger partial charge in [0.15, 0.2) is 0 Å². The third-order valence-electron chi connectivity index (χ3n) is 4.64. The van der Waals surface area contributed by atoms with Gasteiger partial charge in [-0.25, -0.2) is 0 Å². The molecule has 1 aromatic heterocycles. The van der Waals surface area contributed by atoms with Gasteiger partial charge in [-0.2, -0.15) is 5.10 Å². The minimum Gasteiger partial charge on any atom is -0.382 e. The van der Waals surface area contributed by atoms with Crippen LogP contribution in [0.3, 0.4) is 0 Å². The van der Waals surface area contributed by atoms with Crippen molar-refractivity contribution < 1.29 is 4.79 Å². The van der Waals surface area contributed by atoms with Crippen molar-refractivity contribution in [3.63, 3.8) is 0 Å². The second-order valence-electron chi connectivity index (χ2n) is 5.81. The lowest BCUT2D eigenvalue weighted by Crippen LogP contribution is -2.40. The van der Waals surface area contributed by atoms with E-state index < -0.39 is 0 Å². The summed E-state index contributed by atoms with van der Waals surface area (Å²) in [5, 5.41) is 9.49. The van der Waals surface area contributed by atoms with Crippen LogP contribution in [-0.4, -0.2) is 22.1 Å². The molecule has 2 bridgehead atoms. The molecule has 0 spiro atoms. The van der Waals surface area contributed by atoms with Crippen molar-refractivity contribution in [2.24, 2.45) is 17.8 Å². The predicted octanol–water partition coefficient (Wildman–Crippen LogP) is 1.55. The van der Waals surface area contributed by atoms with Gasteiger partial charge in [-0.3, -0.25) is 9.89 Å². The summed E-state index contributed by atoms with van der Waals surface area (Å²) in [6.45, 7) is 2.11. The van der Waals surface area contributed by atoms with Gasteiger partial charge in [0.25, 0.3) is 5.91 Å². The van der Waals surface area contributed by atoms with Gasteiger partial charge >= 0.3 is 0 Å². The molecular weight excluding hydrogens is 228 g/mol. The summed E-state index contributed by atoms with van der Waals surface area (Å²) in [7, 11) is 0. The summed E-state index contributed by atoms with van der Waals surface area (Å²) in [4.78, 5) is 12.0. The Morgan fingerprint density at radius 2 is 2.39 bits per heavy atom. The van der Waals surface area contributed by atoms with Crippen molar-refractivity contribution in [2.75, 3.05) is 5.73 Å². The van der Waals surface area contributed by atoms with E-state index in [1.165, 1.54) is 25.7 Å². The zero-order valence-corrected chi connectivity index (χ0v) is 10.6. The lowest BCUT2D eigenvalue weighted by atomic mass is 9.84. The fraction of sp³-hybridized carbons (Fsp3) is 0.692. The highest BCUT2D eigenvalue weighted by Crippen LogP contribution is 2.49. The Kier molecular flexibility index (Phi) is 2.76. The number of aromatic nitrogens is 2. The van der Waals surface area contributed by atoms with E-state index in [0.29, 0.717) is 17.4 Å². The molecule has 4 unspecified atom stereocenters. The summed E-state index contributed by atoms with van der Waals surface area (Å²) < 4.78 is 0. The number of anilines is 1. The Bertz CT molecular complexity index is 456. The summed E-state index contributed by atoms with van der Waals surface area (Å²) in [5.41, 5.74) is 5.94. The number of carbonyl (C=O) groups is 1. The van der Waals surface area contributed by atoms with Gasteiger partial charge in [0, 0.05) is 12.1 Å². The molecule has 1 aromatic rings. The summed E-state index contributed by atoms with van der Waals surface area (Å²) >= 11 is 0. The zero-order chi connectivity index (χ0) is 12.7. The number of rotatable bonds is 3. The van der Waals surface area contributed by atoms with E-state index in [0.717, 1.165) is 11.8 Å². The molecule has 1 heterocycles. The van der Waals surface area contributed by atoms with E-state index in [1.54, 1.807) is 6.07 Å². The number of H-pyrrole nitrogens is 1. The van der Waals surface area contributed by atoms with Gasteiger partial charge in [-0.15, -0.1) is 0 Å². The number of fused-ring (bicyclic) bond motifs is 2. The third kappa shape index (κ3) is 1.98. The monoisotopic (exact) mass is 248 g/mol. The molecule has 2 aliphatic rings. The molecule has 98 valence electrons. The largest absolute Gasteiger partial charge is 0.382 e. The van der Waals surface area contributed by atoms with E-state index in [-0.39, 0.29) is 11.9 Å². The second-order valence-corrected chi connectivity index (χ2v) is 5.81. The van der Waals surface area contributed by atoms with Gasteiger partial charge in [-0.05, 0) is 43.9 Å². The summed E-state index contributed by atoms with van der Waals surface area (Å²) in [6, 6.07) is 1.81. The van der Waals surface area contributed by atoms with Crippen LogP contribution in [0.1, 0.15) is 43.1 Å². The minimum absolute atomic E-state index is 0.102. The van der Waals surface area contributed by atoms with E-state index in [4.69, 9.17) is 5.73 Å². The van der Waals surface area contributed by atoms with Crippen LogP contribution in [-0.2, 0) is 0 Å². The molecule has 0 aromatic carbocycles. The highest BCUT2D eigenvalue weighted by Gasteiger charge is 2.42. The number of aromatic amines is 1. The number of nitrogens with one attached hydrogen (secondary N) is 2. The fourth-order valence-electron chi connectivity index (χ4n) is 3.75. The predicted molar refractivity (Wildman–Crippen MR) is 68.9 cm³/mol. The lowest BCUT2D eigenvalue weighted by molar-refractivity contribution is 0.0910. The van der Waals surface area contributed by atoms with E-state index in [1.807, 2.05) is 0 Å². The molecule has 2 saturated carbocycles. The van der Waals surface area contributed by atoms with Gasteiger partial charge in [0.05, 0.1) is 0 Å². The van der Waals surface area contributed by atoms with Gasteiger partial charge in [0.2, 0.25) is 0 Å². The number of nitrogen functional groups attached to an aromatic ring is 1. The standard InChI is InChI=1S/C13H20N4O/c1-7(10-5-8-2-3-9(10)4-8)15-13(18)11-6-12(14)17-16-11/h6-10H,2-5H2,1H3,(H,15,18)(H3,14,16,17). The average Bonchev–Trinajstić information content (AvgIpc) is 3.03. The SMILES string of the molecule is CC(NC(=O)c1cc(N)n[nH]1)C1CC2CCC1C2. The molecule has 0 radical (unpaired) electrons. The van der Waals surface area contributed by atoms with Crippen LogP contribution in [0.5, 0.6) is 0 Å². The van der Waals surface area contributed by atoms with E-state index in [9.17, 15) is 4.79 Å². The molecule has 2 fully saturated rings. The molecular formula is C13H20N4O. The van der Waals surface area contributed by atoms with Crippen molar-refractivity contribution in [1.82, 2.24) is 15.5 Å². The molecule has 3 rings (SSSR count). The van der Waals surface area contributed by atoms with Crippen molar-refractivity contribution in [2.45, 2.75) is 38.6 Å². The minimum atomic E-state index is -0.102. The first kappa shape index (κ1) is 11.6. The second kappa shape index (κ2) is 4.30. The van der Waals surface area contributed by atoms with Crippen LogP contribution in [0.4, 0.5) is 5.82 Å². The first-order chi connectivity index (χ1) is 8.63. The number of hydrogen-bond donors (Lipinski definition) is 3. The molecule has 1 amide bonds. The summed E-state index contributed by atoms with van der Waals surface area (Å²) in [6.07, 6.45) is 5.37. The highest BCUT2D eigenvalue weighted by molar-refractivity contribution is 5.93.